The van der Waals surface area contributed by atoms with Gasteiger partial charge in [0.1, 0.15) is 11.3 Å². The summed E-state index contributed by atoms with van der Waals surface area (Å²) in [4.78, 5) is 31.3. The number of ether oxygens (including phenoxy) is 1. The first-order chi connectivity index (χ1) is 15.9. The summed E-state index contributed by atoms with van der Waals surface area (Å²) >= 11 is 0. The van der Waals surface area contributed by atoms with Crippen molar-refractivity contribution in [2.75, 3.05) is 32.1 Å². The fourth-order valence-electron chi connectivity index (χ4n) is 5.01. The molecule has 0 bridgehead atoms. The van der Waals surface area contributed by atoms with Crippen molar-refractivity contribution in [1.82, 2.24) is 14.9 Å². The number of hydrogen-bond acceptors (Lipinski definition) is 7. The van der Waals surface area contributed by atoms with Gasteiger partial charge in [-0.15, -0.1) is 0 Å². The summed E-state index contributed by atoms with van der Waals surface area (Å²) in [5.41, 5.74) is 0.892. The van der Waals surface area contributed by atoms with Crippen molar-refractivity contribution in [2.45, 2.75) is 38.3 Å². The number of aryl methyl sites for hydroxylation is 1. The highest BCUT2D eigenvalue weighted by Crippen LogP contribution is 2.44. The van der Waals surface area contributed by atoms with Crippen LogP contribution in [-0.2, 0) is 0 Å². The summed E-state index contributed by atoms with van der Waals surface area (Å²) in [5, 5.41) is 13.3. The fourth-order valence-corrected chi connectivity index (χ4v) is 5.01. The molecular formula is C24H28N4O5. The first-order valence-electron chi connectivity index (χ1n) is 11.3. The number of pyridine rings is 1. The summed E-state index contributed by atoms with van der Waals surface area (Å²) in [6.45, 7) is 3.49. The number of anilines is 1. The van der Waals surface area contributed by atoms with Gasteiger partial charge in [0.25, 0.3) is 0 Å². The Morgan fingerprint density at radius 3 is 2.73 bits per heavy atom. The molecule has 9 heteroatoms. The van der Waals surface area contributed by atoms with Crippen LogP contribution in [0, 0.1) is 12.8 Å². The third kappa shape index (κ3) is 3.66. The first-order valence-corrected chi connectivity index (χ1v) is 11.3. The maximum atomic E-state index is 12.9. The molecule has 33 heavy (non-hydrogen) atoms. The molecule has 3 heterocycles. The molecule has 2 aromatic heterocycles. The van der Waals surface area contributed by atoms with Crippen LogP contribution in [0.5, 0.6) is 5.75 Å². The van der Waals surface area contributed by atoms with Gasteiger partial charge in [-0.3, -0.25) is 4.79 Å². The van der Waals surface area contributed by atoms with Gasteiger partial charge < -0.3 is 29.0 Å². The van der Waals surface area contributed by atoms with E-state index in [0.29, 0.717) is 22.5 Å². The zero-order valence-corrected chi connectivity index (χ0v) is 19.0. The number of hydrogen-bond donors (Lipinski definition) is 2. The number of nitrogens with one attached hydrogen (secondary N) is 1. The molecule has 2 N–H and O–H groups in total. The number of carboxylic acids is 1. The Hall–Kier alpha value is -3.33. The standard InChI is InChI=1S/C24H28N4O5/c1-13-10-26-23(33-13)19(25-2)14-8-9-27(11-14)18-7-6-16-20(22(18)32-3)28(15-4-5-15)12-17(21(16)29)24(30)31/h6-7,10,12,14-15,19,25H,4-5,8-9,11H2,1-3H3,(H,30,31). The number of carbonyl (C=O) groups is 1. The Labute approximate surface area is 191 Å². The van der Waals surface area contributed by atoms with Crippen LogP contribution in [0.2, 0.25) is 0 Å². The smallest absolute Gasteiger partial charge is 0.341 e. The Bertz CT molecular complexity index is 1280. The van der Waals surface area contributed by atoms with Gasteiger partial charge in [-0.2, -0.15) is 0 Å². The van der Waals surface area contributed by atoms with E-state index < -0.39 is 11.4 Å². The second-order valence-corrected chi connectivity index (χ2v) is 8.90. The number of fused-ring (bicyclic) bond motifs is 1. The highest BCUT2D eigenvalue weighted by molar-refractivity contribution is 5.97. The third-order valence-electron chi connectivity index (χ3n) is 6.75. The van der Waals surface area contributed by atoms with Crippen molar-refractivity contribution in [3.63, 3.8) is 0 Å². The third-order valence-corrected chi connectivity index (χ3v) is 6.75. The number of oxazole rings is 1. The van der Waals surface area contributed by atoms with Crippen molar-refractivity contribution in [3.8, 4) is 5.75 Å². The van der Waals surface area contributed by atoms with Crippen LogP contribution in [0.25, 0.3) is 10.9 Å². The lowest BCUT2D eigenvalue weighted by Crippen LogP contribution is -2.29. The van der Waals surface area contributed by atoms with Crippen LogP contribution < -0.4 is 20.4 Å². The van der Waals surface area contributed by atoms with Gasteiger partial charge in [0.2, 0.25) is 11.3 Å². The summed E-state index contributed by atoms with van der Waals surface area (Å²) in [5.74, 6) is 1.17. The molecule has 3 aromatic rings. The summed E-state index contributed by atoms with van der Waals surface area (Å²) < 4.78 is 13.6. The predicted molar refractivity (Wildman–Crippen MR) is 123 cm³/mol. The number of methoxy groups -OCH3 is 1. The van der Waals surface area contributed by atoms with E-state index in [0.717, 1.165) is 43.8 Å². The van der Waals surface area contributed by atoms with Gasteiger partial charge in [0, 0.05) is 31.2 Å². The highest BCUT2D eigenvalue weighted by atomic mass is 16.5. The molecule has 2 aliphatic rings. The van der Waals surface area contributed by atoms with E-state index in [2.05, 4.69) is 15.2 Å². The molecular weight excluding hydrogens is 424 g/mol. The van der Waals surface area contributed by atoms with E-state index in [1.54, 1.807) is 19.4 Å². The van der Waals surface area contributed by atoms with E-state index in [4.69, 9.17) is 9.15 Å². The van der Waals surface area contributed by atoms with Crippen molar-refractivity contribution >= 4 is 22.6 Å². The molecule has 0 spiro atoms. The van der Waals surface area contributed by atoms with Crippen LogP contribution in [-0.4, -0.2) is 47.9 Å². The topological polar surface area (TPSA) is 110 Å². The van der Waals surface area contributed by atoms with Crippen LogP contribution >= 0.6 is 0 Å². The van der Waals surface area contributed by atoms with Crippen LogP contribution in [0.3, 0.4) is 0 Å². The lowest BCUT2D eigenvalue weighted by Gasteiger charge is -2.25. The van der Waals surface area contributed by atoms with Gasteiger partial charge in [0.15, 0.2) is 5.75 Å². The number of aromatic carboxylic acids is 1. The number of rotatable bonds is 7. The maximum absolute atomic E-state index is 12.9. The van der Waals surface area contributed by atoms with Crippen LogP contribution in [0.1, 0.15) is 53.4 Å². The quantitative estimate of drug-likeness (QED) is 0.563. The van der Waals surface area contributed by atoms with Crippen LogP contribution in [0.4, 0.5) is 5.69 Å². The second kappa shape index (κ2) is 8.22. The van der Waals surface area contributed by atoms with E-state index >= 15 is 0 Å². The highest BCUT2D eigenvalue weighted by Gasteiger charge is 2.35. The predicted octanol–water partition coefficient (Wildman–Crippen LogP) is 3.13. The molecule has 5 rings (SSSR count). The minimum absolute atomic E-state index is 0.00193. The van der Waals surface area contributed by atoms with Gasteiger partial charge >= 0.3 is 5.97 Å². The SMILES string of the molecule is CNC(c1ncc(C)o1)C1CCN(c2ccc3c(=O)c(C(=O)O)cn(C4CC4)c3c2OC)C1. The Balaban J connectivity index is 1.55. The van der Waals surface area contributed by atoms with E-state index in [1.807, 2.05) is 24.6 Å². The van der Waals surface area contributed by atoms with Gasteiger partial charge in [-0.25, -0.2) is 9.78 Å². The Morgan fingerprint density at radius 1 is 1.33 bits per heavy atom. The van der Waals surface area contributed by atoms with Crippen molar-refractivity contribution in [3.05, 3.63) is 52.0 Å². The van der Waals surface area contributed by atoms with Crippen molar-refractivity contribution in [1.29, 1.82) is 0 Å². The average molecular weight is 453 g/mol. The minimum atomic E-state index is -1.21. The zero-order chi connectivity index (χ0) is 23.3. The summed E-state index contributed by atoms with van der Waals surface area (Å²) in [6.07, 6.45) is 6.07. The van der Waals surface area contributed by atoms with E-state index in [-0.39, 0.29) is 23.6 Å². The molecule has 1 aliphatic carbocycles. The molecule has 1 saturated carbocycles. The maximum Gasteiger partial charge on any atom is 0.341 e. The van der Waals surface area contributed by atoms with Crippen molar-refractivity contribution < 1.29 is 19.1 Å². The normalized spacial score (nSPS) is 19.2. The molecule has 2 unspecified atom stereocenters. The second-order valence-electron chi connectivity index (χ2n) is 8.90. The Kier molecular flexibility index (Phi) is 5.36. The number of nitrogens with zero attached hydrogens (tertiary/aromatic N) is 3. The van der Waals surface area contributed by atoms with Gasteiger partial charge in [-0.1, -0.05) is 0 Å². The number of benzene rings is 1. The van der Waals surface area contributed by atoms with Gasteiger partial charge in [-0.05, 0) is 45.4 Å². The molecule has 1 saturated heterocycles. The molecule has 1 aromatic carbocycles. The molecule has 2 atom stereocenters. The average Bonchev–Trinajstić information content (AvgIpc) is 3.38. The van der Waals surface area contributed by atoms with E-state index in [1.165, 1.54) is 6.20 Å². The molecule has 9 nitrogen and oxygen atoms in total. The summed E-state index contributed by atoms with van der Waals surface area (Å²) in [7, 11) is 3.52. The fraction of sp³-hybridized carbons (Fsp3) is 0.458. The van der Waals surface area contributed by atoms with E-state index in [9.17, 15) is 14.7 Å². The van der Waals surface area contributed by atoms with Crippen molar-refractivity contribution in [2.24, 2.45) is 5.92 Å². The molecule has 0 radical (unpaired) electrons. The molecule has 174 valence electrons. The zero-order valence-electron chi connectivity index (χ0n) is 19.0. The molecule has 0 amide bonds. The molecule has 1 aliphatic heterocycles. The Morgan fingerprint density at radius 2 is 2.12 bits per heavy atom. The monoisotopic (exact) mass is 452 g/mol. The largest absolute Gasteiger partial charge is 0.492 e. The lowest BCUT2D eigenvalue weighted by molar-refractivity contribution is 0.0695. The lowest BCUT2D eigenvalue weighted by atomic mass is 9.99. The van der Waals surface area contributed by atoms with Gasteiger partial charge in [0.05, 0.1) is 35.9 Å². The van der Waals surface area contributed by atoms with Crippen LogP contribution in [0.15, 0.2) is 33.7 Å². The first kappa shape index (κ1) is 21.5. The number of carboxylic acid groups (broad SMARTS) is 1. The molecule has 2 fully saturated rings. The minimum Gasteiger partial charge on any atom is -0.492 e. The summed E-state index contributed by atoms with van der Waals surface area (Å²) in [6, 6.07) is 3.79. The number of aromatic nitrogens is 2.